The van der Waals surface area contributed by atoms with E-state index in [0.29, 0.717) is 11.7 Å². The molecule has 0 unspecified atom stereocenters. The lowest BCUT2D eigenvalue weighted by molar-refractivity contribution is -0.137. The van der Waals surface area contributed by atoms with Crippen LogP contribution in [0, 0.1) is 0 Å². The SMILES string of the molecule is Cn1c(COc2cc(C(F)(F)F)ccn2)nnc1[C@H]1CC[C@H](c2cnn([C@H]3C[C@H](O)[C@@H](N4CCC4)C3)c2)CC1. The molecule has 3 aliphatic rings. The van der Waals surface area contributed by atoms with Gasteiger partial charge in [-0.15, -0.1) is 10.2 Å². The van der Waals surface area contributed by atoms with Gasteiger partial charge in [0.1, 0.15) is 12.4 Å². The van der Waals surface area contributed by atoms with Crippen molar-refractivity contribution in [2.75, 3.05) is 13.1 Å². The Hall–Kier alpha value is -2.99. The maximum absolute atomic E-state index is 13.0. The van der Waals surface area contributed by atoms with Crippen LogP contribution in [0.2, 0.25) is 0 Å². The van der Waals surface area contributed by atoms with Crippen molar-refractivity contribution in [3.63, 3.8) is 0 Å². The van der Waals surface area contributed by atoms with Gasteiger partial charge in [-0.2, -0.15) is 18.3 Å². The third-order valence-electron chi connectivity index (χ3n) is 8.80. The number of aliphatic hydroxyl groups is 1. The molecule has 1 N–H and O–H groups in total. The van der Waals surface area contributed by atoms with Crippen LogP contribution in [0.25, 0.3) is 0 Å². The number of rotatable bonds is 7. The van der Waals surface area contributed by atoms with Crippen LogP contribution in [0.4, 0.5) is 13.2 Å². The molecule has 210 valence electrons. The number of alkyl halides is 3. The fourth-order valence-corrected chi connectivity index (χ4v) is 6.36. The molecule has 12 heteroatoms. The minimum absolute atomic E-state index is 0.0131. The third kappa shape index (κ3) is 5.41. The van der Waals surface area contributed by atoms with Crippen molar-refractivity contribution in [2.45, 2.75) is 87.8 Å². The van der Waals surface area contributed by atoms with Gasteiger partial charge in [-0.1, -0.05) is 0 Å². The molecule has 3 fully saturated rings. The van der Waals surface area contributed by atoms with Crippen LogP contribution < -0.4 is 4.74 Å². The first-order chi connectivity index (χ1) is 18.8. The number of aromatic nitrogens is 6. The second-order valence-corrected chi connectivity index (χ2v) is 11.2. The Balaban J connectivity index is 1.03. The number of hydrogen-bond donors (Lipinski definition) is 1. The van der Waals surface area contributed by atoms with E-state index in [1.807, 2.05) is 17.8 Å². The summed E-state index contributed by atoms with van der Waals surface area (Å²) in [6.45, 7) is 2.17. The van der Waals surface area contributed by atoms with Gasteiger partial charge < -0.3 is 14.4 Å². The van der Waals surface area contributed by atoms with E-state index in [1.54, 1.807) is 0 Å². The van der Waals surface area contributed by atoms with Crippen LogP contribution in [0.15, 0.2) is 30.7 Å². The summed E-state index contributed by atoms with van der Waals surface area (Å²) in [5.41, 5.74) is 0.459. The topological polar surface area (TPSA) is 94.1 Å². The molecule has 2 saturated carbocycles. The first-order valence-electron chi connectivity index (χ1n) is 13.8. The minimum Gasteiger partial charge on any atom is -0.469 e. The Labute approximate surface area is 225 Å². The Kier molecular flexibility index (Phi) is 7.09. The van der Waals surface area contributed by atoms with Crippen LogP contribution in [0.1, 0.15) is 85.6 Å². The van der Waals surface area contributed by atoms with Crippen molar-refractivity contribution < 1.29 is 23.0 Å². The van der Waals surface area contributed by atoms with E-state index in [4.69, 9.17) is 4.74 Å². The van der Waals surface area contributed by atoms with Gasteiger partial charge in [0.25, 0.3) is 0 Å². The summed E-state index contributed by atoms with van der Waals surface area (Å²) in [6.07, 6.45) is 7.46. The lowest BCUT2D eigenvalue weighted by atomic mass is 9.79. The van der Waals surface area contributed by atoms with E-state index in [-0.39, 0.29) is 36.6 Å². The smallest absolute Gasteiger partial charge is 0.416 e. The Morgan fingerprint density at radius 2 is 1.85 bits per heavy atom. The summed E-state index contributed by atoms with van der Waals surface area (Å²) in [5.74, 6) is 2.02. The van der Waals surface area contributed by atoms with E-state index in [9.17, 15) is 18.3 Å². The Morgan fingerprint density at radius 3 is 2.56 bits per heavy atom. The molecule has 3 atom stereocenters. The summed E-state index contributed by atoms with van der Waals surface area (Å²) < 4.78 is 48.3. The summed E-state index contributed by atoms with van der Waals surface area (Å²) in [5, 5.41) is 23.9. The van der Waals surface area contributed by atoms with Crippen LogP contribution in [0.5, 0.6) is 5.88 Å². The van der Waals surface area contributed by atoms with Crippen molar-refractivity contribution in [1.82, 2.24) is 34.4 Å². The van der Waals surface area contributed by atoms with Crippen molar-refractivity contribution in [3.8, 4) is 5.88 Å². The van der Waals surface area contributed by atoms with E-state index >= 15 is 0 Å². The highest BCUT2D eigenvalue weighted by Gasteiger charge is 2.40. The molecular formula is C27H34F3N7O2. The van der Waals surface area contributed by atoms with Gasteiger partial charge in [-0.3, -0.25) is 9.58 Å². The lowest BCUT2D eigenvalue weighted by Crippen LogP contribution is -2.48. The zero-order valence-electron chi connectivity index (χ0n) is 22.0. The van der Waals surface area contributed by atoms with Crippen molar-refractivity contribution in [3.05, 3.63) is 53.5 Å². The van der Waals surface area contributed by atoms with Gasteiger partial charge in [-0.25, -0.2) is 4.98 Å². The molecule has 6 rings (SSSR count). The quantitative estimate of drug-likeness (QED) is 0.475. The van der Waals surface area contributed by atoms with E-state index in [2.05, 4.69) is 36.1 Å². The van der Waals surface area contributed by atoms with Crippen LogP contribution in [0.3, 0.4) is 0 Å². The maximum Gasteiger partial charge on any atom is 0.416 e. The number of aliphatic hydroxyl groups excluding tert-OH is 1. The summed E-state index contributed by atoms with van der Waals surface area (Å²) in [7, 11) is 1.87. The zero-order chi connectivity index (χ0) is 27.1. The highest BCUT2D eigenvalue weighted by atomic mass is 19.4. The highest BCUT2D eigenvalue weighted by molar-refractivity contribution is 5.23. The minimum atomic E-state index is -4.45. The summed E-state index contributed by atoms with van der Waals surface area (Å²) >= 11 is 0. The number of likely N-dealkylation sites (tertiary alicyclic amines) is 1. The maximum atomic E-state index is 13.0. The predicted molar refractivity (Wildman–Crippen MR) is 135 cm³/mol. The number of nitrogens with zero attached hydrogens (tertiary/aromatic N) is 7. The first-order valence-corrected chi connectivity index (χ1v) is 13.8. The molecule has 0 bridgehead atoms. The van der Waals surface area contributed by atoms with Gasteiger partial charge in [0.2, 0.25) is 5.88 Å². The molecule has 4 heterocycles. The van der Waals surface area contributed by atoms with Crippen LogP contribution >= 0.6 is 0 Å². The van der Waals surface area contributed by atoms with Gasteiger partial charge in [0, 0.05) is 37.5 Å². The van der Waals surface area contributed by atoms with Gasteiger partial charge >= 0.3 is 6.18 Å². The summed E-state index contributed by atoms with van der Waals surface area (Å²) in [4.78, 5) is 6.27. The van der Waals surface area contributed by atoms with Crippen molar-refractivity contribution in [2.24, 2.45) is 7.05 Å². The number of pyridine rings is 1. The predicted octanol–water partition coefficient (Wildman–Crippen LogP) is 4.22. The fraction of sp³-hybridized carbons (Fsp3) is 0.630. The van der Waals surface area contributed by atoms with Crippen molar-refractivity contribution >= 4 is 0 Å². The molecular weight excluding hydrogens is 511 g/mol. The molecule has 3 aromatic heterocycles. The zero-order valence-corrected chi connectivity index (χ0v) is 22.0. The second-order valence-electron chi connectivity index (χ2n) is 11.2. The second kappa shape index (κ2) is 10.5. The molecule has 9 nitrogen and oxygen atoms in total. The molecule has 1 aliphatic heterocycles. The number of ether oxygens (including phenoxy) is 1. The summed E-state index contributed by atoms with van der Waals surface area (Å²) in [6, 6.07) is 2.31. The molecule has 0 aromatic carbocycles. The largest absolute Gasteiger partial charge is 0.469 e. The molecule has 0 amide bonds. The van der Waals surface area contributed by atoms with E-state index in [0.717, 1.165) is 75.8 Å². The molecule has 3 aromatic rings. The average molecular weight is 546 g/mol. The molecule has 0 radical (unpaired) electrons. The average Bonchev–Trinajstić information content (AvgIpc) is 3.61. The van der Waals surface area contributed by atoms with Crippen molar-refractivity contribution in [1.29, 1.82) is 0 Å². The standard InChI is InChI=1S/C27H34F3N7O2/c1-35-24(16-39-25-11-20(7-8-31-25)27(28,29)30)33-34-26(35)18-5-3-17(4-6-18)19-14-32-37(15-19)21-12-22(23(38)13-21)36-9-2-10-36/h7-8,11,14-15,17-18,21-23,38H,2-6,9-10,12-13,16H2,1H3/t17-,18-,21-,22+,23+/m1/s1. The van der Waals surface area contributed by atoms with Crippen LogP contribution in [-0.2, 0) is 19.8 Å². The first kappa shape index (κ1) is 26.2. The monoisotopic (exact) mass is 545 g/mol. The molecule has 39 heavy (non-hydrogen) atoms. The van der Waals surface area contributed by atoms with Gasteiger partial charge in [0.15, 0.2) is 5.82 Å². The lowest BCUT2D eigenvalue weighted by Gasteiger charge is -2.37. The molecule has 1 saturated heterocycles. The Bertz CT molecular complexity index is 1280. The number of halogens is 3. The van der Waals surface area contributed by atoms with Crippen LogP contribution in [-0.4, -0.2) is 64.8 Å². The molecule has 0 spiro atoms. The van der Waals surface area contributed by atoms with E-state index in [1.165, 1.54) is 12.0 Å². The fourth-order valence-electron chi connectivity index (χ4n) is 6.36. The molecule has 2 aliphatic carbocycles. The number of hydrogen-bond acceptors (Lipinski definition) is 7. The van der Waals surface area contributed by atoms with Gasteiger partial charge in [-0.05, 0) is 75.6 Å². The third-order valence-corrected chi connectivity index (χ3v) is 8.80. The normalized spacial score (nSPS) is 28.0. The van der Waals surface area contributed by atoms with Gasteiger partial charge in [0.05, 0.1) is 23.9 Å². The van der Waals surface area contributed by atoms with E-state index < -0.39 is 11.7 Å². The highest BCUT2D eigenvalue weighted by Crippen LogP contribution is 2.41. The Morgan fingerprint density at radius 1 is 1.08 bits per heavy atom.